The van der Waals surface area contributed by atoms with Crippen molar-refractivity contribution in [3.63, 3.8) is 0 Å². The summed E-state index contributed by atoms with van der Waals surface area (Å²) in [6, 6.07) is 8.74. The Kier molecular flexibility index (Phi) is 6.24. The molecule has 1 saturated heterocycles. The van der Waals surface area contributed by atoms with E-state index in [1.807, 2.05) is 13.8 Å². The van der Waals surface area contributed by atoms with E-state index in [4.69, 9.17) is 0 Å². The van der Waals surface area contributed by atoms with Crippen LogP contribution in [0.15, 0.2) is 47.4 Å². The Labute approximate surface area is 173 Å². The minimum absolute atomic E-state index is 0.178. The van der Waals surface area contributed by atoms with Gasteiger partial charge in [-0.15, -0.1) is 0 Å². The lowest BCUT2D eigenvalue weighted by Gasteiger charge is -2.32. The number of alkyl halides is 3. The van der Waals surface area contributed by atoms with E-state index in [0.29, 0.717) is 25.9 Å². The van der Waals surface area contributed by atoms with E-state index < -0.39 is 21.8 Å². The van der Waals surface area contributed by atoms with Crippen molar-refractivity contribution >= 4 is 15.9 Å². The molecule has 1 heterocycles. The molecule has 0 atom stereocenters. The Balaban J connectivity index is 1.60. The number of amides is 1. The van der Waals surface area contributed by atoms with Crippen LogP contribution in [0.3, 0.4) is 0 Å². The number of sulfonamides is 1. The summed E-state index contributed by atoms with van der Waals surface area (Å²) in [5.74, 6) is -0.362. The van der Waals surface area contributed by atoms with Crippen LogP contribution in [0.5, 0.6) is 0 Å². The summed E-state index contributed by atoms with van der Waals surface area (Å²) in [6.45, 7) is 4.39. The highest BCUT2D eigenvalue weighted by molar-refractivity contribution is 7.89. The monoisotopic (exact) mass is 440 g/mol. The van der Waals surface area contributed by atoms with Crippen LogP contribution in [0.4, 0.5) is 13.2 Å². The third-order valence-corrected chi connectivity index (χ3v) is 6.87. The Morgan fingerprint density at radius 1 is 1.00 bits per heavy atom. The number of nitrogens with one attached hydrogen (secondary N) is 1. The second kappa shape index (κ2) is 8.39. The number of carbonyl (C=O) groups is 1. The zero-order valence-corrected chi connectivity index (χ0v) is 17.5. The van der Waals surface area contributed by atoms with Gasteiger partial charge in [0.05, 0.1) is 10.5 Å². The van der Waals surface area contributed by atoms with Crippen molar-refractivity contribution in [1.29, 1.82) is 0 Å². The Morgan fingerprint density at radius 2 is 1.60 bits per heavy atom. The minimum atomic E-state index is -4.45. The third-order valence-electron chi connectivity index (χ3n) is 5.35. The van der Waals surface area contributed by atoms with Crippen LogP contribution in [-0.4, -0.2) is 38.4 Å². The Morgan fingerprint density at radius 3 is 2.13 bits per heavy atom. The number of carbonyl (C=O) groups excluding carboxylic acids is 1. The molecule has 1 amide bonds. The van der Waals surface area contributed by atoms with Gasteiger partial charge in [0.2, 0.25) is 10.0 Å². The van der Waals surface area contributed by atoms with Crippen LogP contribution in [0.1, 0.15) is 39.9 Å². The van der Waals surface area contributed by atoms with Crippen molar-refractivity contribution in [2.24, 2.45) is 0 Å². The molecule has 0 bridgehead atoms. The van der Waals surface area contributed by atoms with E-state index in [0.717, 1.165) is 23.3 Å². The predicted molar refractivity (Wildman–Crippen MR) is 107 cm³/mol. The van der Waals surface area contributed by atoms with Crippen LogP contribution in [-0.2, 0) is 16.2 Å². The van der Waals surface area contributed by atoms with E-state index in [9.17, 15) is 26.4 Å². The highest BCUT2D eigenvalue weighted by Gasteiger charge is 2.31. The molecule has 0 aliphatic carbocycles. The fourth-order valence-electron chi connectivity index (χ4n) is 3.35. The largest absolute Gasteiger partial charge is 0.416 e. The zero-order chi connectivity index (χ0) is 22.1. The van der Waals surface area contributed by atoms with Crippen molar-refractivity contribution in [3.8, 4) is 0 Å². The van der Waals surface area contributed by atoms with Crippen molar-refractivity contribution < 1.29 is 26.4 Å². The molecule has 0 radical (unpaired) electrons. The fourth-order valence-corrected chi connectivity index (χ4v) is 4.74. The molecule has 3 rings (SSSR count). The first-order valence-corrected chi connectivity index (χ1v) is 11.0. The number of halogens is 3. The van der Waals surface area contributed by atoms with E-state index in [1.54, 1.807) is 18.2 Å². The molecule has 9 heteroatoms. The summed E-state index contributed by atoms with van der Waals surface area (Å²) in [5, 5.41) is 0. The molecule has 2 aromatic carbocycles. The fraction of sp³-hybridized carbons (Fsp3) is 0.381. The average molecular weight is 440 g/mol. The molecular formula is C21H23F3N2O3S. The van der Waals surface area contributed by atoms with E-state index in [2.05, 4.69) is 4.72 Å². The van der Waals surface area contributed by atoms with Gasteiger partial charge in [-0.05, 0) is 74.2 Å². The molecule has 5 nitrogen and oxygen atoms in total. The lowest BCUT2D eigenvalue weighted by molar-refractivity contribution is -0.137. The first kappa shape index (κ1) is 22.3. The maximum atomic E-state index is 12.7. The quantitative estimate of drug-likeness (QED) is 0.784. The molecule has 162 valence electrons. The van der Waals surface area contributed by atoms with Gasteiger partial charge in [0.15, 0.2) is 0 Å². The summed E-state index contributed by atoms with van der Waals surface area (Å²) in [7, 11) is -3.67. The second-order valence-electron chi connectivity index (χ2n) is 7.51. The third kappa shape index (κ3) is 5.02. The summed E-state index contributed by atoms with van der Waals surface area (Å²) in [5.41, 5.74) is 1.26. The van der Waals surface area contributed by atoms with Crippen LogP contribution < -0.4 is 4.72 Å². The molecule has 1 aliphatic heterocycles. The number of nitrogens with zero attached hydrogens (tertiary/aromatic N) is 1. The molecule has 1 aliphatic rings. The normalized spacial score (nSPS) is 16.0. The Bertz CT molecular complexity index is 1030. The number of rotatable bonds is 4. The SMILES string of the molecule is Cc1ccc(S(=O)(=O)NC2CCN(C(=O)c3ccc(C(F)(F)F)cc3)CC2)cc1C. The van der Waals surface area contributed by atoms with Crippen molar-refractivity contribution in [1.82, 2.24) is 9.62 Å². The standard InChI is InChI=1S/C21H23F3N2O3S/c1-14-3-8-19(13-15(14)2)30(28,29)25-18-9-11-26(12-10-18)20(27)16-4-6-17(7-5-16)21(22,23)24/h3-8,13,18,25H,9-12H2,1-2H3. The Hall–Kier alpha value is -2.39. The van der Waals surface area contributed by atoms with Gasteiger partial charge in [0.1, 0.15) is 0 Å². The van der Waals surface area contributed by atoms with Crippen molar-refractivity contribution in [2.75, 3.05) is 13.1 Å². The maximum Gasteiger partial charge on any atom is 0.416 e. The van der Waals surface area contributed by atoms with Crippen LogP contribution in [0.2, 0.25) is 0 Å². The summed E-state index contributed by atoms with van der Waals surface area (Å²) >= 11 is 0. The highest BCUT2D eigenvalue weighted by atomic mass is 32.2. The summed E-state index contributed by atoms with van der Waals surface area (Å²) in [6.07, 6.45) is -3.60. The van der Waals surface area contributed by atoms with Gasteiger partial charge in [0, 0.05) is 24.7 Å². The van der Waals surface area contributed by atoms with Gasteiger partial charge in [0.25, 0.3) is 5.91 Å². The van der Waals surface area contributed by atoms with E-state index >= 15 is 0 Å². The van der Waals surface area contributed by atoms with Crippen LogP contribution in [0.25, 0.3) is 0 Å². The first-order chi connectivity index (χ1) is 14.0. The molecule has 0 spiro atoms. The highest BCUT2D eigenvalue weighted by Crippen LogP contribution is 2.29. The molecule has 0 saturated carbocycles. The van der Waals surface area contributed by atoms with E-state index in [-0.39, 0.29) is 22.4 Å². The average Bonchev–Trinajstić information content (AvgIpc) is 2.69. The van der Waals surface area contributed by atoms with E-state index in [1.165, 1.54) is 17.0 Å². The number of aryl methyl sites for hydroxylation is 2. The topological polar surface area (TPSA) is 66.5 Å². The van der Waals surface area contributed by atoms with Gasteiger partial charge in [-0.1, -0.05) is 6.07 Å². The van der Waals surface area contributed by atoms with Gasteiger partial charge in [-0.2, -0.15) is 13.2 Å². The van der Waals surface area contributed by atoms with Gasteiger partial charge < -0.3 is 4.90 Å². The number of piperidine rings is 1. The molecule has 2 aromatic rings. The van der Waals surface area contributed by atoms with Crippen molar-refractivity contribution in [2.45, 2.75) is 43.8 Å². The predicted octanol–water partition coefficient (Wildman–Crippen LogP) is 3.91. The van der Waals surface area contributed by atoms with Gasteiger partial charge >= 0.3 is 6.18 Å². The lowest BCUT2D eigenvalue weighted by atomic mass is 10.0. The number of hydrogen-bond donors (Lipinski definition) is 1. The molecule has 0 unspecified atom stereocenters. The molecule has 1 fully saturated rings. The second-order valence-corrected chi connectivity index (χ2v) is 9.22. The molecular weight excluding hydrogens is 417 g/mol. The van der Waals surface area contributed by atoms with Gasteiger partial charge in [-0.25, -0.2) is 13.1 Å². The minimum Gasteiger partial charge on any atom is -0.339 e. The lowest BCUT2D eigenvalue weighted by Crippen LogP contribution is -2.46. The molecule has 0 aromatic heterocycles. The number of likely N-dealkylation sites (tertiary alicyclic amines) is 1. The van der Waals surface area contributed by atoms with Crippen LogP contribution in [0, 0.1) is 13.8 Å². The number of hydrogen-bond acceptors (Lipinski definition) is 3. The zero-order valence-electron chi connectivity index (χ0n) is 16.7. The smallest absolute Gasteiger partial charge is 0.339 e. The first-order valence-electron chi connectivity index (χ1n) is 9.53. The summed E-state index contributed by atoms with van der Waals surface area (Å²) < 4.78 is 66.0. The maximum absolute atomic E-state index is 12.7. The molecule has 1 N–H and O–H groups in total. The molecule has 30 heavy (non-hydrogen) atoms. The van der Waals surface area contributed by atoms with Crippen molar-refractivity contribution in [3.05, 3.63) is 64.7 Å². The summed E-state index contributed by atoms with van der Waals surface area (Å²) in [4.78, 5) is 14.3. The van der Waals surface area contributed by atoms with Gasteiger partial charge in [-0.3, -0.25) is 4.79 Å². The van der Waals surface area contributed by atoms with Crippen LogP contribution >= 0.6 is 0 Å². The number of benzene rings is 2.